The lowest BCUT2D eigenvalue weighted by molar-refractivity contribution is -0.136. The third-order valence-electron chi connectivity index (χ3n) is 7.52. The zero-order valence-electron chi connectivity index (χ0n) is 24.3. The maximum absolute atomic E-state index is 13.2. The van der Waals surface area contributed by atoms with Crippen LogP contribution in [0.3, 0.4) is 0 Å². The van der Waals surface area contributed by atoms with Crippen molar-refractivity contribution >= 4 is 56.6 Å². The number of nitrogens with one attached hydrogen (secondary N) is 2. The van der Waals surface area contributed by atoms with Crippen molar-refractivity contribution in [2.45, 2.75) is 18.9 Å². The SMILES string of the molecule is CN(C)c1ccc(-c2nc3ccc(OCCOCCNc4cccc5c4C(=O)N(C4CCC(=O)NC4=O)C5=O)cc3s2)cc1. The summed E-state index contributed by atoms with van der Waals surface area (Å²) < 4.78 is 12.6. The van der Waals surface area contributed by atoms with Crippen LogP contribution in [0.1, 0.15) is 33.6 Å². The first-order valence-corrected chi connectivity index (χ1v) is 15.1. The molecule has 44 heavy (non-hydrogen) atoms. The number of nitrogens with zero attached hydrogens (tertiary/aromatic N) is 3. The van der Waals surface area contributed by atoms with Crippen LogP contribution in [0, 0.1) is 0 Å². The van der Waals surface area contributed by atoms with Gasteiger partial charge in [0.25, 0.3) is 11.8 Å². The van der Waals surface area contributed by atoms with Crippen molar-refractivity contribution in [3.8, 4) is 16.3 Å². The maximum Gasteiger partial charge on any atom is 0.264 e. The van der Waals surface area contributed by atoms with Crippen molar-refractivity contribution in [2.24, 2.45) is 0 Å². The average molecular weight is 614 g/mol. The minimum absolute atomic E-state index is 0.0726. The van der Waals surface area contributed by atoms with E-state index in [-0.39, 0.29) is 24.0 Å². The number of amides is 4. The highest BCUT2D eigenvalue weighted by atomic mass is 32.1. The Morgan fingerprint density at radius 1 is 1.00 bits per heavy atom. The van der Waals surface area contributed by atoms with E-state index in [2.05, 4.69) is 39.8 Å². The van der Waals surface area contributed by atoms with Crippen LogP contribution >= 0.6 is 11.3 Å². The molecule has 2 aliphatic heterocycles. The van der Waals surface area contributed by atoms with Gasteiger partial charge in [-0.05, 0) is 61.0 Å². The molecule has 0 saturated carbocycles. The van der Waals surface area contributed by atoms with Crippen molar-refractivity contribution in [3.63, 3.8) is 0 Å². The molecule has 11 nitrogen and oxygen atoms in total. The molecule has 0 spiro atoms. The van der Waals surface area contributed by atoms with E-state index in [0.717, 1.165) is 37.1 Å². The lowest BCUT2D eigenvalue weighted by Gasteiger charge is -2.27. The number of aromatic nitrogens is 1. The molecule has 2 aliphatic rings. The first-order chi connectivity index (χ1) is 21.3. The molecule has 0 bridgehead atoms. The summed E-state index contributed by atoms with van der Waals surface area (Å²) in [6, 6.07) is 18.1. The lowest BCUT2D eigenvalue weighted by atomic mass is 10.0. The topological polar surface area (TPSA) is 130 Å². The number of piperidine rings is 1. The fraction of sp³-hybridized carbons (Fsp3) is 0.281. The van der Waals surface area contributed by atoms with Crippen LogP contribution in [-0.4, -0.2) is 80.0 Å². The molecule has 12 heteroatoms. The van der Waals surface area contributed by atoms with E-state index in [1.807, 2.05) is 32.3 Å². The molecule has 2 N–H and O–H groups in total. The number of ether oxygens (including phenoxy) is 2. The zero-order valence-corrected chi connectivity index (χ0v) is 25.1. The van der Waals surface area contributed by atoms with E-state index in [1.165, 1.54) is 0 Å². The summed E-state index contributed by atoms with van der Waals surface area (Å²) in [7, 11) is 4.03. The van der Waals surface area contributed by atoms with E-state index >= 15 is 0 Å². The second kappa shape index (κ2) is 12.4. The number of anilines is 2. The van der Waals surface area contributed by atoms with Gasteiger partial charge in [0.2, 0.25) is 11.8 Å². The Kier molecular flexibility index (Phi) is 8.27. The second-order valence-corrected chi connectivity index (χ2v) is 11.7. The second-order valence-electron chi connectivity index (χ2n) is 10.7. The number of imide groups is 2. The summed E-state index contributed by atoms with van der Waals surface area (Å²) in [6.45, 7) is 1.45. The number of carbonyl (C=O) groups is 4. The Morgan fingerprint density at radius 2 is 1.82 bits per heavy atom. The normalized spacial score (nSPS) is 16.3. The number of fused-ring (bicyclic) bond motifs is 2. The highest BCUT2D eigenvalue weighted by Gasteiger charge is 2.45. The number of hydrogen-bond donors (Lipinski definition) is 2. The van der Waals surface area contributed by atoms with E-state index < -0.39 is 29.7 Å². The van der Waals surface area contributed by atoms with Crippen molar-refractivity contribution in [2.75, 3.05) is 50.7 Å². The average Bonchev–Trinajstić information content (AvgIpc) is 3.55. The Morgan fingerprint density at radius 3 is 2.59 bits per heavy atom. The summed E-state index contributed by atoms with van der Waals surface area (Å²) in [4.78, 5) is 57.8. The molecule has 4 amide bonds. The molecule has 3 aromatic carbocycles. The Balaban J connectivity index is 0.978. The molecular weight excluding hydrogens is 582 g/mol. The van der Waals surface area contributed by atoms with Crippen molar-refractivity contribution in [1.29, 1.82) is 0 Å². The van der Waals surface area contributed by atoms with Crippen molar-refractivity contribution in [1.82, 2.24) is 15.2 Å². The number of benzene rings is 3. The third-order valence-corrected chi connectivity index (χ3v) is 8.58. The van der Waals surface area contributed by atoms with Gasteiger partial charge >= 0.3 is 0 Å². The van der Waals surface area contributed by atoms with E-state index in [1.54, 1.807) is 29.5 Å². The standard InChI is InChI=1S/C32H31N5O6S/c1-36(2)20-8-6-19(7-9-20)30-34-23-11-10-21(18-26(23)44-30)43-17-16-42-15-14-33-24-5-3-4-22-28(24)32(41)37(31(22)40)25-12-13-27(38)35-29(25)39/h3-11,18,25,33H,12-17H2,1-2H3,(H,35,38,39). The molecule has 4 aromatic rings. The highest BCUT2D eigenvalue weighted by molar-refractivity contribution is 7.21. The minimum atomic E-state index is -1.00. The van der Waals surface area contributed by atoms with Crippen LogP contribution in [0.4, 0.5) is 11.4 Å². The van der Waals surface area contributed by atoms with Crippen molar-refractivity contribution in [3.05, 3.63) is 71.8 Å². The summed E-state index contributed by atoms with van der Waals surface area (Å²) in [5.41, 5.74) is 4.07. The molecular formula is C32H31N5O6S. The van der Waals surface area contributed by atoms with Gasteiger partial charge in [-0.1, -0.05) is 6.07 Å². The predicted octanol–water partition coefficient (Wildman–Crippen LogP) is 3.94. The molecule has 1 saturated heterocycles. The number of thiazole rings is 1. The maximum atomic E-state index is 13.2. The van der Waals surface area contributed by atoms with Gasteiger partial charge in [-0.15, -0.1) is 11.3 Å². The molecule has 6 rings (SSSR count). The first-order valence-electron chi connectivity index (χ1n) is 14.3. The number of carbonyl (C=O) groups excluding carboxylic acids is 4. The lowest BCUT2D eigenvalue weighted by Crippen LogP contribution is -2.54. The van der Waals surface area contributed by atoms with Crippen LogP contribution in [0.25, 0.3) is 20.8 Å². The first kappa shape index (κ1) is 29.3. The van der Waals surface area contributed by atoms with Crippen LogP contribution in [0.5, 0.6) is 5.75 Å². The molecule has 1 atom stereocenters. The van der Waals surface area contributed by atoms with Gasteiger partial charge in [0.05, 0.1) is 34.6 Å². The third kappa shape index (κ3) is 5.86. The zero-order chi connectivity index (χ0) is 30.8. The minimum Gasteiger partial charge on any atom is -0.491 e. The Hall–Kier alpha value is -4.81. The van der Waals surface area contributed by atoms with Crippen LogP contribution in [-0.2, 0) is 14.3 Å². The molecule has 1 unspecified atom stereocenters. The number of rotatable bonds is 11. The molecule has 226 valence electrons. The van der Waals surface area contributed by atoms with Gasteiger partial charge < -0.3 is 19.7 Å². The van der Waals surface area contributed by atoms with Gasteiger partial charge in [0.15, 0.2) is 0 Å². The quantitative estimate of drug-likeness (QED) is 0.191. The molecule has 3 heterocycles. The molecule has 1 aromatic heterocycles. The van der Waals surface area contributed by atoms with E-state index in [4.69, 9.17) is 14.5 Å². The van der Waals surface area contributed by atoms with Gasteiger partial charge in [-0.25, -0.2) is 4.98 Å². The fourth-order valence-corrected chi connectivity index (χ4v) is 6.26. The monoisotopic (exact) mass is 613 g/mol. The predicted molar refractivity (Wildman–Crippen MR) is 167 cm³/mol. The summed E-state index contributed by atoms with van der Waals surface area (Å²) >= 11 is 1.62. The summed E-state index contributed by atoms with van der Waals surface area (Å²) in [5, 5.41) is 6.33. The van der Waals surface area contributed by atoms with E-state index in [0.29, 0.717) is 32.1 Å². The van der Waals surface area contributed by atoms with Gasteiger partial charge in [0, 0.05) is 44.0 Å². The Labute approximate surface area is 257 Å². The summed E-state index contributed by atoms with van der Waals surface area (Å²) in [6.07, 6.45) is 0.183. The van der Waals surface area contributed by atoms with Crippen LogP contribution in [0.15, 0.2) is 60.7 Å². The molecule has 1 fully saturated rings. The van der Waals surface area contributed by atoms with Gasteiger partial charge in [-0.3, -0.25) is 29.4 Å². The van der Waals surface area contributed by atoms with Crippen molar-refractivity contribution < 1.29 is 28.7 Å². The van der Waals surface area contributed by atoms with Crippen LogP contribution in [0.2, 0.25) is 0 Å². The van der Waals surface area contributed by atoms with Crippen LogP contribution < -0.4 is 20.3 Å². The molecule has 0 aliphatic carbocycles. The van der Waals surface area contributed by atoms with E-state index in [9.17, 15) is 19.2 Å². The largest absolute Gasteiger partial charge is 0.491 e. The van der Waals surface area contributed by atoms with Gasteiger partial charge in [-0.2, -0.15) is 0 Å². The molecule has 0 radical (unpaired) electrons. The Bertz CT molecular complexity index is 1750. The number of hydrogen-bond acceptors (Lipinski definition) is 10. The van der Waals surface area contributed by atoms with Gasteiger partial charge in [0.1, 0.15) is 23.4 Å². The fourth-order valence-electron chi connectivity index (χ4n) is 5.26. The smallest absolute Gasteiger partial charge is 0.264 e. The summed E-state index contributed by atoms with van der Waals surface area (Å²) in [5.74, 6) is -1.40. The highest BCUT2D eigenvalue weighted by Crippen LogP contribution is 2.34.